The van der Waals surface area contributed by atoms with Gasteiger partial charge in [-0.25, -0.2) is 9.78 Å². The molecular formula is C21H23N3O4. The first-order chi connectivity index (χ1) is 13.6. The molecule has 3 aromatic rings. The predicted octanol–water partition coefficient (Wildman–Crippen LogP) is 3.71. The molecule has 1 aliphatic heterocycles. The lowest BCUT2D eigenvalue weighted by Crippen LogP contribution is -2.33. The number of methoxy groups -OCH3 is 2. The van der Waals surface area contributed by atoms with E-state index in [2.05, 4.69) is 9.88 Å². The average molecular weight is 381 g/mol. The van der Waals surface area contributed by atoms with Crippen LogP contribution in [0.25, 0.3) is 11.1 Å². The smallest absolute Gasteiger partial charge is 0.343 e. The minimum absolute atomic E-state index is 0.279. The van der Waals surface area contributed by atoms with E-state index in [1.54, 1.807) is 6.07 Å². The van der Waals surface area contributed by atoms with E-state index in [0.717, 1.165) is 54.3 Å². The van der Waals surface area contributed by atoms with E-state index in [4.69, 9.17) is 18.9 Å². The van der Waals surface area contributed by atoms with Gasteiger partial charge in [0.25, 0.3) is 0 Å². The maximum atomic E-state index is 11.8. The first-order valence-electron chi connectivity index (χ1n) is 9.35. The Morgan fingerprint density at radius 1 is 1.14 bits per heavy atom. The Balaban J connectivity index is 1.49. The Labute approximate surface area is 163 Å². The van der Waals surface area contributed by atoms with Gasteiger partial charge in [-0.05, 0) is 43.5 Å². The summed E-state index contributed by atoms with van der Waals surface area (Å²) in [6.07, 6.45) is 1.85. The maximum absolute atomic E-state index is 11.8. The number of benzene rings is 1. The van der Waals surface area contributed by atoms with Crippen molar-refractivity contribution < 1.29 is 18.7 Å². The standard InChI is InChI=1S/C21H23N3O4/c1-13-5-4-6-16-18(13)28-19(22-16)14-9-11-24(12-10-14)17-8-7-15(21(25)27-3)20(23-17)26-2/h4-8,14H,9-12H2,1-3H3. The van der Waals surface area contributed by atoms with Crippen LogP contribution in [0.5, 0.6) is 5.88 Å². The van der Waals surface area contributed by atoms with Crippen LogP contribution in [0, 0.1) is 6.92 Å². The number of nitrogens with zero attached hydrogens (tertiary/aromatic N) is 3. The normalized spacial score (nSPS) is 15.0. The maximum Gasteiger partial charge on any atom is 0.343 e. The fourth-order valence-corrected chi connectivity index (χ4v) is 3.66. The number of para-hydroxylation sites is 1. The quantitative estimate of drug-likeness (QED) is 0.638. The third-order valence-electron chi connectivity index (χ3n) is 5.24. The van der Waals surface area contributed by atoms with E-state index in [9.17, 15) is 4.79 Å². The molecule has 0 unspecified atom stereocenters. The molecule has 0 bridgehead atoms. The lowest BCUT2D eigenvalue weighted by Gasteiger charge is -2.31. The highest BCUT2D eigenvalue weighted by molar-refractivity contribution is 5.92. The second-order valence-corrected chi connectivity index (χ2v) is 6.95. The predicted molar refractivity (Wildman–Crippen MR) is 105 cm³/mol. The van der Waals surface area contributed by atoms with Gasteiger partial charge in [-0.1, -0.05) is 12.1 Å². The molecule has 0 saturated carbocycles. The Kier molecular flexibility index (Phi) is 4.90. The van der Waals surface area contributed by atoms with Crippen molar-refractivity contribution in [3.8, 4) is 5.88 Å². The van der Waals surface area contributed by atoms with Crippen LogP contribution in [0.15, 0.2) is 34.7 Å². The first-order valence-corrected chi connectivity index (χ1v) is 9.35. The Bertz CT molecular complexity index is 1010. The molecule has 2 aromatic heterocycles. The van der Waals surface area contributed by atoms with Crippen molar-refractivity contribution in [3.05, 3.63) is 47.3 Å². The van der Waals surface area contributed by atoms with E-state index in [1.807, 2.05) is 31.2 Å². The third-order valence-corrected chi connectivity index (χ3v) is 5.24. The Hall–Kier alpha value is -3.09. The van der Waals surface area contributed by atoms with Crippen LogP contribution in [0.3, 0.4) is 0 Å². The number of hydrogen-bond donors (Lipinski definition) is 0. The number of aryl methyl sites for hydroxylation is 1. The number of aromatic nitrogens is 2. The second kappa shape index (κ2) is 7.50. The van der Waals surface area contributed by atoms with Crippen LogP contribution in [-0.2, 0) is 4.74 Å². The molecule has 4 rings (SSSR count). The summed E-state index contributed by atoms with van der Waals surface area (Å²) >= 11 is 0. The highest BCUT2D eigenvalue weighted by atomic mass is 16.5. The van der Waals surface area contributed by atoms with Gasteiger partial charge in [0, 0.05) is 19.0 Å². The SMILES string of the molecule is COC(=O)c1ccc(N2CCC(c3nc4cccc(C)c4o3)CC2)nc1OC. The molecule has 28 heavy (non-hydrogen) atoms. The highest BCUT2D eigenvalue weighted by Crippen LogP contribution is 2.33. The van der Waals surface area contributed by atoms with Crippen molar-refractivity contribution in [2.75, 3.05) is 32.2 Å². The summed E-state index contributed by atoms with van der Waals surface area (Å²) < 4.78 is 16.1. The Morgan fingerprint density at radius 3 is 2.61 bits per heavy atom. The number of piperidine rings is 1. The molecule has 146 valence electrons. The highest BCUT2D eigenvalue weighted by Gasteiger charge is 2.26. The molecule has 0 radical (unpaired) electrons. The Morgan fingerprint density at radius 2 is 1.93 bits per heavy atom. The van der Waals surface area contributed by atoms with E-state index in [1.165, 1.54) is 14.2 Å². The fourth-order valence-electron chi connectivity index (χ4n) is 3.66. The number of carbonyl (C=O) groups excluding carboxylic acids is 1. The molecule has 1 fully saturated rings. The van der Waals surface area contributed by atoms with E-state index >= 15 is 0 Å². The summed E-state index contributed by atoms with van der Waals surface area (Å²) in [5.74, 6) is 1.72. The fraction of sp³-hybridized carbons (Fsp3) is 0.381. The molecule has 7 nitrogen and oxygen atoms in total. The molecule has 1 aliphatic rings. The van der Waals surface area contributed by atoms with Crippen LogP contribution >= 0.6 is 0 Å². The molecule has 1 saturated heterocycles. The molecule has 7 heteroatoms. The molecule has 0 atom stereocenters. The number of esters is 1. The second-order valence-electron chi connectivity index (χ2n) is 6.95. The van der Waals surface area contributed by atoms with Gasteiger partial charge in [0.15, 0.2) is 11.5 Å². The number of ether oxygens (including phenoxy) is 2. The zero-order valence-electron chi connectivity index (χ0n) is 16.3. The molecule has 0 spiro atoms. The summed E-state index contributed by atoms with van der Waals surface area (Å²) in [5, 5.41) is 0. The first kappa shape index (κ1) is 18.3. The third kappa shape index (κ3) is 3.28. The van der Waals surface area contributed by atoms with E-state index < -0.39 is 5.97 Å². The molecule has 0 amide bonds. The van der Waals surface area contributed by atoms with Crippen molar-refractivity contribution in [2.45, 2.75) is 25.7 Å². The number of hydrogen-bond acceptors (Lipinski definition) is 7. The zero-order valence-corrected chi connectivity index (χ0v) is 16.3. The number of pyridine rings is 1. The van der Waals surface area contributed by atoms with Crippen molar-refractivity contribution in [2.24, 2.45) is 0 Å². The van der Waals surface area contributed by atoms with Gasteiger partial charge < -0.3 is 18.8 Å². The minimum Gasteiger partial charge on any atom is -0.480 e. The van der Waals surface area contributed by atoms with Crippen LogP contribution < -0.4 is 9.64 Å². The summed E-state index contributed by atoms with van der Waals surface area (Å²) in [6.45, 7) is 3.70. The lowest BCUT2D eigenvalue weighted by atomic mass is 9.97. The number of carbonyl (C=O) groups is 1. The topological polar surface area (TPSA) is 77.7 Å². The largest absolute Gasteiger partial charge is 0.480 e. The van der Waals surface area contributed by atoms with Crippen LogP contribution in [0.1, 0.15) is 40.6 Å². The van der Waals surface area contributed by atoms with Gasteiger partial charge in [0.2, 0.25) is 5.88 Å². The van der Waals surface area contributed by atoms with Crippen LogP contribution in [0.2, 0.25) is 0 Å². The average Bonchev–Trinajstić information content (AvgIpc) is 3.18. The minimum atomic E-state index is -0.458. The molecule has 0 N–H and O–H groups in total. The molecule has 1 aromatic carbocycles. The van der Waals surface area contributed by atoms with Gasteiger partial charge in [-0.2, -0.15) is 4.98 Å². The van der Waals surface area contributed by atoms with Crippen molar-refractivity contribution in [1.82, 2.24) is 9.97 Å². The summed E-state index contributed by atoms with van der Waals surface area (Å²) in [6, 6.07) is 9.56. The van der Waals surface area contributed by atoms with Gasteiger partial charge >= 0.3 is 5.97 Å². The van der Waals surface area contributed by atoms with Crippen molar-refractivity contribution in [1.29, 1.82) is 0 Å². The van der Waals surface area contributed by atoms with E-state index in [-0.39, 0.29) is 5.88 Å². The number of anilines is 1. The van der Waals surface area contributed by atoms with Gasteiger partial charge in [-0.15, -0.1) is 0 Å². The van der Waals surface area contributed by atoms with Crippen LogP contribution in [0.4, 0.5) is 5.82 Å². The van der Waals surface area contributed by atoms with Gasteiger partial charge in [0.1, 0.15) is 16.9 Å². The molecule has 3 heterocycles. The lowest BCUT2D eigenvalue weighted by molar-refractivity contribution is 0.0596. The summed E-state index contributed by atoms with van der Waals surface area (Å²) in [7, 11) is 2.84. The molecular weight excluding hydrogens is 358 g/mol. The summed E-state index contributed by atoms with van der Waals surface area (Å²) in [5.41, 5.74) is 3.23. The van der Waals surface area contributed by atoms with Crippen LogP contribution in [-0.4, -0.2) is 43.2 Å². The van der Waals surface area contributed by atoms with Gasteiger partial charge in [0.05, 0.1) is 14.2 Å². The zero-order chi connectivity index (χ0) is 19.7. The van der Waals surface area contributed by atoms with Crippen molar-refractivity contribution in [3.63, 3.8) is 0 Å². The van der Waals surface area contributed by atoms with E-state index in [0.29, 0.717) is 11.5 Å². The number of oxazole rings is 1. The summed E-state index contributed by atoms with van der Waals surface area (Å²) in [4.78, 5) is 23.2. The number of fused-ring (bicyclic) bond motifs is 1. The van der Waals surface area contributed by atoms with Crippen molar-refractivity contribution >= 4 is 22.9 Å². The molecule has 0 aliphatic carbocycles. The number of rotatable bonds is 4. The monoisotopic (exact) mass is 381 g/mol. The van der Waals surface area contributed by atoms with Gasteiger partial charge in [-0.3, -0.25) is 0 Å².